The number of benzene rings is 1. The molecular weight excluding hydrogens is 320 g/mol. The van der Waals surface area contributed by atoms with Crippen LogP contribution in [-0.4, -0.2) is 34.8 Å². The van der Waals surface area contributed by atoms with Gasteiger partial charge in [-0.05, 0) is 44.5 Å². The predicted molar refractivity (Wildman–Crippen MR) is 91.3 cm³/mol. The number of hydrogen-bond donors (Lipinski definition) is 3. The summed E-state index contributed by atoms with van der Waals surface area (Å²) in [4.78, 5) is 34.3. The van der Waals surface area contributed by atoms with E-state index in [1.807, 2.05) is 6.92 Å². The number of halogens is 1. The highest BCUT2D eigenvalue weighted by molar-refractivity contribution is 5.97. The van der Waals surface area contributed by atoms with Crippen LogP contribution < -0.4 is 10.6 Å². The summed E-state index contributed by atoms with van der Waals surface area (Å²) < 4.78 is 0. The van der Waals surface area contributed by atoms with Gasteiger partial charge in [-0.25, -0.2) is 0 Å². The number of Topliss-reactive ketones (excluding diaryl/α,β-unsaturated/α-hetero) is 1. The number of aliphatic carboxylic acids is 1. The largest absolute Gasteiger partial charge is 0.480 e. The van der Waals surface area contributed by atoms with Crippen LogP contribution in [0.25, 0.3) is 0 Å². The van der Waals surface area contributed by atoms with Crippen LogP contribution >= 0.6 is 12.4 Å². The maximum absolute atomic E-state index is 12.1. The number of rotatable bonds is 8. The lowest BCUT2D eigenvalue weighted by atomic mass is 10.1. The van der Waals surface area contributed by atoms with Crippen molar-refractivity contribution in [2.24, 2.45) is 0 Å². The molecule has 0 heterocycles. The summed E-state index contributed by atoms with van der Waals surface area (Å²) in [5, 5.41) is 14.6. The molecule has 6 nitrogen and oxygen atoms in total. The first-order valence-electron chi connectivity index (χ1n) is 7.25. The lowest BCUT2D eigenvalue weighted by Crippen LogP contribution is -2.47. The van der Waals surface area contributed by atoms with Gasteiger partial charge in [-0.2, -0.15) is 0 Å². The van der Waals surface area contributed by atoms with Crippen molar-refractivity contribution in [1.82, 2.24) is 5.32 Å². The van der Waals surface area contributed by atoms with E-state index in [2.05, 4.69) is 10.6 Å². The fourth-order valence-electron chi connectivity index (χ4n) is 1.98. The van der Waals surface area contributed by atoms with Gasteiger partial charge in [0, 0.05) is 11.3 Å². The molecule has 2 unspecified atom stereocenters. The monoisotopic (exact) mass is 342 g/mol. The van der Waals surface area contributed by atoms with Crippen LogP contribution in [0.4, 0.5) is 5.69 Å². The molecule has 3 N–H and O–H groups in total. The van der Waals surface area contributed by atoms with Crippen LogP contribution in [0, 0.1) is 0 Å². The summed E-state index contributed by atoms with van der Waals surface area (Å²) >= 11 is 0. The van der Waals surface area contributed by atoms with Crippen molar-refractivity contribution in [3.8, 4) is 0 Å². The maximum Gasteiger partial charge on any atom is 0.320 e. The third kappa shape index (κ3) is 6.80. The van der Waals surface area contributed by atoms with Crippen LogP contribution in [0.2, 0.25) is 0 Å². The second-order valence-corrected chi connectivity index (χ2v) is 5.19. The molecule has 0 aliphatic heterocycles. The first-order chi connectivity index (χ1) is 10.3. The highest BCUT2D eigenvalue weighted by Crippen LogP contribution is 2.10. The number of carboxylic acids is 1. The average Bonchev–Trinajstić information content (AvgIpc) is 2.47. The first-order valence-corrected chi connectivity index (χ1v) is 7.25. The zero-order chi connectivity index (χ0) is 16.7. The van der Waals surface area contributed by atoms with Crippen molar-refractivity contribution in [1.29, 1.82) is 0 Å². The Hall–Kier alpha value is -1.92. The second kappa shape index (κ2) is 9.97. The van der Waals surface area contributed by atoms with E-state index in [-0.39, 0.29) is 24.1 Å². The second-order valence-electron chi connectivity index (χ2n) is 5.19. The third-order valence-corrected chi connectivity index (χ3v) is 3.28. The summed E-state index contributed by atoms with van der Waals surface area (Å²) in [6.45, 7) is 4.98. The first kappa shape index (κ1) is 21.1. The average molecular weight is 343 g/mol. The topological polar surface area (TPSA) is 95.5 Å². The number of hydrogen-bond acceptors (Lipinski definition) is 4. The minimum atomic E-state index is -0.965. The fraction of sp³-hybridized carbons (Fsp3) is 0.438. The lowest BCUT2D eigenvalue weighted by Gasteiger charge is -2.19. The number of carboxylic acid groups (broad SMARTS) is 1. The molecule has 2 atom stereocenters. The minimum absolute atomic E-state index is 0. The molecule has 0 aromatic heterocycles. The number of carbonyl (C=O) groups is 3. The molecule has 0 radical (unpaired) electrons. The molecule has 0 saturated carbocycles. The molecule has 1 aromatic rings. The standard InChI is InChI=1S/C16H22N2O4.ClH/c1-4-5-14(16(21)22)17-10(2)15(20)18-13-8-6-12(7-9-13)11(3)19;/h6-10,14,17H,4-5H2,1-3H3,(H,18,20)(H,21,22);1H. The summed E-state index contributed by atoms with van der Waals surface area (Å²) in [5.74, 6) is -1.33. The Morgan fingerprint density at radius 1 is 1.17 bits per heavy atom. The van der Waals surface area contributed by atoms with Gasteiger partial charge in [0.15, 0.2) is 5.78 Å². The van der Waals surface area contributed by atoms with Crippen LogP contribution in [0.1, 0.15) is 44.0 Å². The summed E-state index contributed by atoms with van der Waals surface area (Å²) in [6, 6.07) is 5.16. The lowest BCUT2D eigenvalue weighted by molar-refractivity contribution is -0.140. The van der Waals surface area contributed by atoms with E-state index in [0.717, 1.165) is 0 Å². The van der Waals surface area contributed by atoms with E-state index >= 15 is 0 Å². The molecule has 0 aliphatic rings. The smallest absolute Gasteiger partial charge is 0.320 e. The fourth-order valence-corrected chi connectivity index (χ4v) is 1.98. The molecule has 0 aliphatic carbocycles. The molecule has 1 rings (SSSR count). The predicted octanol–water partition coefficient (Wildman–Crippen LogP) is 2.48. The van der Waals surface area contributed by atoms with Gasteiger partial charge in [0.1, 0.15) is 6.04 Å². The Morgan fingerprint density at radius 2 is 1.74 bits per heavy atom. The number of nitrogens with one attached hydrogen (secondary N) is 2. The van der Waals surface area contributed by atoms with Crippen molar-refractivity contribution in [2.45, 2.75) is 45.7 Å². The Morgan fingerprint density at radius 3 is 2.17 bits per heavy atom. The van der Waals surface area contributed by atoms with Crippen molar-refractivity contribution in [3.05, 3.63) is 29.8 Å². The molecule has 7 heteroatoms. The van der Waals surface area contributed by atoms with E-state index in [0.29, 0.717) is 24.1 Å². The number of carbonyl (C=O) groups excluding carboxylic acids is 2. The highest BCUT2D eigenvalue weighted by atomic mass is 35.5. The van der Waals surface area contributed by atoms with Gasteiger partial charge in [0.2, 0.25) is 5.91 Å². The molecular formula is C16H23ClN2O4. The molecule has 23 heavy (non-hydrogen) atoms. The Kier molecular flexibility index (Phi) is 9.14. The zero-order valence-corrected chi connectivity index (χ0v) is 14.3. The molecule has 0 saturated heterocycles. The molecule has 1 amide bonds. The van der Waals surface area contributed by atoms with E-state index in [9.17, 15) is 14.4 Å². The van der Waals surface area contributed by atoms with Crippen molar-refractivity contribution >= 4 is 35.8 Å². The zero-order valence-electron chi connectivity index (χ0n) is 13.5. The van der Waals surface area contributed by atoms with Crippen molar-refractivity contribution < 1.29 is 19.5 Å². The van der Waals surface area contributed by atoms with Gasteiger partial charge in [-0.3, -0.25) is 19.7 Å². The van der Waals surface area contributed by atoms with Gasteiger partial charge in [0.05, 0.1) is 6.04 Å². The minimum Gasteiger partial charge on any atom is -0.480 e. The quantitative estimate of drug-likeness (QED) is 0.631. The Balaban J connectivity index is 0.00000484. The number of ketones is 1. The normalized spacial score (nSPS) is 12.7. The van der Waals surface area contributed by atoms with E-state index in [1.165, 1.54) is 6.92 Å². The number of amides is 1. The van der Waals surface area contributed by atoms with E-state index in [1.54, 1.807) is 31.2 Å². The summed E-state index contributed by atoms with van der Waals surface area (Å²) in [7, 11) is 0. The van der Waals surface area contributed by atoms with Gasteiger partial charge >= 0.3 is 5.97 Å². The summed E-state index contributed by atoms with van der Waals surface area (Å²) in [6.07, 6.45) is 1.17. The van der Waals surface area contributed by atoms with Crippen LogP contribution in [0.15, 0.2) is 24.3 Å². The van der Waals surface area contributed by atoms with E-state index < -0.39 is 18.1 Å². The van der Waals surface area contributed by atoms with Crippen LogP contribution in [0.5, 0.6) is 0 Å². The molecule has 1 aromatic carbocycles. The van der Waals surface area contributed by atoms with Gasteiger partial charge in [-0.1, -0.05) is 13.3 Å². The SMILES string of the molecule is CCCC(NC(C)C(=O)Nc1ccc(C(C)=O)cc1)C(=O)O.Cl. The maximum atomic E-state index is 12.1. The third-order valence-electron chi connectivity index (χ3n) is 3.28. The number of anilines is 1. The van der Waals surface area contributed by atoms with Crippen LogP contribution in [-0.2, 0) is 9.59 Å². The van der Waals surface area contributed by atoms with Gasteiger partial charge < -0.3 is 10.4 Å². The Bertz CT molecular complexity index is 546. The van der Waals surface area contributed by atoms with Crippen LogP contribution in [0.3, 0.4) is 0 Å². The molecule has 0 bridgehead atoms. The molecule has 0 spiro atoms. The van der Waals surface area contributed by atoms with Crippen molar-refractivity contribution in [3.63, 3.8) is 0 Å². The Labute approximate surface area is 142 Å². The van der Waals surface area contributed by atoms with Gasteiger partial charge in [0.25, 0.3) is 0 Å². The molecule has 0 fully saturated rings. The molecule has 128 valence electrons. The summed E-state index contributed by atoms with van der Waals surface area (Å²) in [5.41, 5.74) is 1.13. The highest BCUT2D eigenvalue weighted by Gasteiger charge is 2.22. The van der Waals surface area contributed by atoms with E-state index in [4.69, 9.17) is 5.11 Å². The van der Waals surface area contributed by atoms with Gasteiger partial charge in [-0.15, -0.1) is 12.4 Å². The van der Waals surface area contributed by atoms with Crippen molar-refractivity contribution in [2.75, 3.05) is 5.32 Å².